The van der Waals surface area contributed by atoms with Gasteiger partial charge < -0.3 is 10.1 Å². The van der Waals surface area contributed by atoms with Crippen molar-refractivity contribution in [2.75, 3.05) is 7.11 Å². The van der Waals surface area contributed by atoms with Crippen LogP contribution in [0.2, 0.25) is 0 Å². The van der Waals surface area contributed by atoms with Crippen molar-refractivity contribution in [3.05, 3.63) is 35.4 Å². The average molecular weight is 289 g/mol. The molecule has 112 valence electrons. The normalized spacial score (nSPS) is 14.7. The van der Waals surface area contributed by atoms with Gasteiger partial charge in [0.05, 0.1) is 5.56 Å². The molecule has 6 heteroatoms. The quantitative estimate of drug-likeness (QED) is 0.905. The van der Waals surface area contributed by atoms with Gasteiger partial charge in [-0.15, -0.1) is 0 Å². The molecule has 20 heavy (non-hydrogen) atoms. The smallest absolute Gasteiger partial charge is 0.372 e. The Bertz CT molecular complexity index is 460. The minimum Gasteiger partial charge on any atom is -0.372 e. The molecule has 3 nitrogen and oxygen atoms in total. The molecule has 1 amide bonds. The second-order valence-corrected chi connectivity index (χ2v) is 4.65. The molecule has 1 rings (SSSR count). The second kappa shape index (κ2) is 6.74. The third kappa shape index (κ3) is 4.52. The van der Waals surface area contributed by atoms with E-state index in [1.165, 1.54) is 19.2 Å². The number of carbonyl (C=O) groups is 1. The van der Waals surface area contributed by atoms with Crippen molar-refractivity contribution in [2.45, 2.75) is 38.6 Å². The molecule has 2 unspecified atom stereocenters. The molecule has 1 aromatic carbocycles. The van der Waals surface area contributed by atoms with E-state index in [0.717, 1.165) is 6.07 Å². The lowest BCUT2D eigenvalue weighted by Crippen LogP contribution is -2.40. The number of carbonyl (C=O) groups excluding carboxylic acids is 1. The first kappa shape index (κ1) is 16.5. The minimum absolute atomic E-state index is 0.109. The van der Waals surface area contributed by atoms with Crippen LogP contribution in [0.5, 0.6) is 0 Å². The Morgan fingerprint density at radius 2 is 1.90 bits per heavy atom. The predicted molar refractivity (Wildman–Crippen MR) is 69.2 cm³/mol. The summed E-state index contributed by atoms with van der Waals surface area (Å²) in [4.78, 5) is 11.6. The summed E-state index contributed by atoms with van der Waals surface area (Å²) in [6.07, 6.45) is -4.91. The molecule has 1 N–H and O–H groups in total. The van der Waals surface area contributed by atoms with Gasteiger partial charge in [-0.25, -0.2) is 0 Å². The monoisotopic (exact) mass is 289 g/mol. The van der Waals surface area contributed by atoms with Crippen molar-refractivity contribution in [1.82, 2.24) is 5.32 Å². The summed E-state index contributed by atoms with van der Waals surface area (Å²) in [7, 11) is 1.40. The van der Waals surface area contributed by atoms with Crippen molar-refractivity contribution in [1.29, 1.82) is 0 Å². The average Bonchev–Trinajstić information content (AvgIpc) is 2.36. The van der Waals surface area contributed by atoms with Gasteiger partial charge in [-0.05, 0) is 31.9 Å². The summed E-state index contributed by atoms with van der Waals surface area (Å²) in [5.74, 6) is -0.343. The van der Waals surface area contributed by atoms with Gasteiger partial charge in [0.15, 0.2) is 0 Å². The second-order valence-electron chi connectivity index (χ2n) is 4.65. The number of ether oxygens (including phenoxy) is 1. The van der Waals surface area contributed by atoms with Gasteiger partial charge in [-0.1, -0.05) is 18.2 Å². The van der Waals surface area contributed by atoms with Gasteiger partial charge in [-0.3, -0.25) is 4.79 Å². The molecule has 0 spiro atoms. The van der Waals surface area contributed by atoms with Crippen LogP contribution >= 0.6 is 0 Å². The zero-order chi connectivity index (χ0) is 15.3. The van der Waals surface area contributed by atoms with Gasteiger partial charge in [-0.2, -0.15) is 13.2 Å². The molecule has 0 aromatic heterocycles. The molecule has 0 radical (unpaired) electrons. The molecule has 0 saturated carbocycles. The van der Waals surface area contributed by atoms with E-state index in [0.29, 0.717) is 0 Å². The fourth-order valence-corrected chi connectivity index (χ4v) is 1.82. The van der Waals surface area contributed by atoms with Crippen molar-refractivity contribution in [3.63, 3.8) is 0 Å². The van der Waals surface area contributed by atoms with Crippen LogP contribution in [0.1, 0.15) is 25.0 Å². The first-order chi connectivity index (χ1) is 9.25. The van der Waals surface area contributed by atoms with Crippen molar-refractivity contribution in [3.8, 4) is 0 Å². The number of hydrogen-bond donors (Lipinski definition) is 1. The lowest BCUT2D eigenvalue weighted by atomic mass is 10.0. The Balaban J connectivity index is 2.76. The summed E-state index contributed by atoms with van der Waals surface area (Å²) in [5, 5.41) is 2.63. The number of alkyl halides is 3. The van der Waals surface area contributed by atoms with Gasteiger partial charge in [0, 0.05) is 13.2 Å². The fraction of sp³-hybridized carbons (Fsp3) is 0.500. The zero-order valence-corrected chi connectivity index (χ0v) is 11.6. The van der Waals surface area contributed by atoms with Crippen LogP contribution in [-0.4, -0.2) is 25.2 Å². The maximum absolute atomic E-state index is 12.8. The Morgan fingerprint density at radius 3 is 2.45 bits per heavy atom. The van der Waals surface area contributed by atoms with E-state index in [9.17, 15) is 18.0 Å². The maximum atomic E-state index is 12.8. The molecule has 0 fully saturated rings. The van der Waals surface area contributed by atoms with E-state index in [2.05, 4.69) is 5.32 Å². The van der Waals surface area contributed by atoms with Gasteiger partial charge in [0.25, 0.3) is 0 Å². The Morgan fingerprint density at radius 1 is 1.30 bits per heavy atom. The Hall–Kier alpha value is -1.56. The van der Waals surface area contributed by atoms with Crippen molar-refractivity contribution in [2.24, 2.45) is 0 Å². The molecule has 0 aliphatic rings. The van der Waals surface area contributed by atoms with Crippen LogP contribution in [0, 0.1) is 0 Å². The molecule has 0 heterocycles. The molecule has 2 atom stereocenters. The lowest BCUT2D eigenvalue weighted by molar-refractivity contribution is -0.138. The highest BCUT2D eigenvalue weighted by Crippen LogP contribution is 2.32. The van der Waals surface area contributed by atoms with E-state index in [1.54, 1.807) is 19.9 Å². The third-order valence-corrected chi connectivity index (χ3v) is 2.96. The Kier molecular flexibility index (Phi) is 5.56. The lowest BCUT2D eigenvalue weighted by Gasteiger charge is -2.19. The van der Waals surface area contributed by atoms with Gasteiger partial charge in [0.1, 0.15) is 6.10 Å². The third-order valence-electron chi connectivity index (χ3n) is 2.96. The molecule has 1 aromatic rings. The summed E-state index contributed by atoms with van der Waals surface area (Å²) < 4.78 is 43.4. The standard InChI is InChI=1S/C14H18F3NO2/c1-9(18-13(19)10(2)20-3)8-11-6-4-5-7-12(11)14(15,16)17/h4-7,9-10H,8H2,1-3H3,(H,18,19). The largest absolute Gasteiger partial charge is 0.416 e. The van der Waals surface area contributed by atoms with Crippen molar-refractivity contribution < 1.29 is 22.7 Å². The molecular weight excluding hydrogens is 271 g/mol. The van der Waals surface area contributed by atoms with Crippen LogP contribution in [0.3, 0.4) is 0 Å². The van der Waals surface area contributed by atoms with Crippen LogP contribution in [-0.2, 0) is 22.1 Å². The predicted octanol–water partition coefficient (Wildman–Crippen LogP) is 2.79. The minimum atomic E-state index is -4.39. The summed E-state index contributed by atoms with van der Waals surface area (Å²) >= 11 is 0. The first-order valence-corrected chi connectivity index (χ1v) is 6.24. The SMILES string of the molecule is COC(C)C(=O)NC(C)Cc1ccccc1C(F)(F)F. The topological polar surface area (TPSA) is 38.3 Å². The number of amides is 1. The highest BCUT2D eigenvalue weighted by Gasteiger charge is 2.33. The number of hydrogen-bond acceptors (Lipinski definition) is 2. The summed E-state index contributed by atoms with van der Waals surface area (Å²) in [6.45, 7) is 3.24. The van der Waals surface area contributed by atoms with Gasteiger partial charge in [0.2, 0.25) is 5.91 Å². The van der Waals surface area contributed by atoms with E-state index in [1.807, 2.05) is 0 Å². The molecule has 0 aliphatic heterocycles. The van der Waals surface area contributed by atoms with Crippen LogP contribution in [0.25, 0.3) is 0 Å². The summed E-state index contributed by atoms with van der Waals surface area (Å²) in [6, 6.07) is 4.95. The summed E-state index contributed by atoms with van der Waals surface area (Å²) in [5.41, 5.74) is -0.501. The highest BCUT2D eigenvalue weighted by atomic mass is 19.4. The number of rotatable bonds is 5. The van der Waals surface area contributed by atoms with E-state index >= 15 is 0 Å². The Labute approximate surface area is 116 Å². The molecule has 0 aliphatic carbocycles. The highest BCUT2D eigenvalue weighted by molar-refractivity contribution is 5.80. The zero-order valence-electron chi connectivity index (χ0n) is 11.6. The van der Waals surface area contributed by atoms with Gasteiger partial charge >= 0.3 is 6.18 Å². The van der Waals surface area contributed by atoms with Crippen LogP contribution < -0.4 is 5.32 Å². The fourth-order valence-electron chi connectivity index (χ4n) is 1.82. The number of halogens is 3. The maximum Gasteiger partial charge on any atom is 0.416 e. The van der Waals surface area contributed by atoms with Crippen molar-refractivity contribution >= 4 is 5.91 Å². The van der Waals surface area contributed by atoms with E-state index in [4.69, 9.17) is 4.74 Å². The number of benzene rings is 1. The van der Waals surface area contributed by atoms with E-state index in [-0.39, 0.29) is 17.9 Å². The molecule has 0 saturated heterocycles. The molecule has 0 bridgehead atoms. The van der Waals surface area contributed by atoms with E-state index < -0.39 is 23.9 Å². The number of methoxy groups -OCH3 is 1. The van der Waals surface area contributed by atoms with Crippen LogP contribution in [0.15, 0.2) is 24.3 Å². The molecular formula is C14H18F3NO2. The van der Waals surface area contributed by atoms with Crippen LogP contribution in [0.4, 0.5) is 13.2 Å². The first-order valence-electron chi connectivity index (χ1n) is 6.24. The number of nitrogens with one attached hydrogen (secondary N) is 1.